The van der Waals surface area contributed by atoms with E-state index >= 15 is 0 Å². The van der Waals surface area contributed by atoms with Crippen molar-refractivity contribution < 1.29 is 0 Å². The lowest BCUT2D eigenvalue weighted by molar-refractivity contribution is 0.144. The topological polar surface area (TPSA) is 18.5 Å². The highest BCUT2D eigenvalue weighted by atomic mass is 15.2. The van der Waals surface area contributed by atoms with Gasteiger partial charge in [-0.1, -0.05) is 27.2 Å². The first-order valence-electron chi connectivity index (χ1n) is 8.60. The molecule has 20 heavy (non-hydrogen) atoms. The molecule has 0 radical (unpaired) electrons. The second kappa shape index (κ2) is 9.01. The van der Waals surface area contributed by atoms with Crippen molar-refractivity contribution >= 4 is 0 Å². The largest absolute Gasteiger partial charge is 0.316 e. The van der Waals surface area contributed by atoms with E-state index < -0.39 is 0 Å². The molecule has 0 aromatic rings. The lowest BCUT2D eigenvalue weighted by Crippen LogP contribution is -2.45. The zero-order chi connectivity index (χ0) is 15.0. The first-order valence-corrected chi connectivity index (χ1v) is 8.60. The average molecular weight is 284 g/mol. The molecule has 1 fully saturated rings. The Kier molecular flexibility index (Phi) is 8.08. The molecule has 0 amide bonds. The fraction of sp³-hybridized carbons (Fsp3) is 1.00. The second-order valence-electron chi connectivity index (χ2n) is 7.21. The number of hydrogen-bond donors (Lipinski definition) is 1. The van der Waals surface area contributed by atoms with Crippen molar-refractivity contribution in [3.8, 4) is 0 Å². The van der Waals surface area contributed by atoms with E-state index in [2.05, 4.69) is 50.0 Å². The molecule has 2 unspecified atom stereocenters. The van der Waals surface area contributed by atoms with Crippen LogP contribution in [-0.2, 0) is 0 Å². The van der Waals surface area contributed by atoms with Crippen molar-refractivity contribution in [2.24, 2.45) is 5.41 Å². The molecular weight excluding hydrogens is 246 g/mol. The Hall–Kier alpha value is -0.120. The van der Waals surface area contributed by atoms with Gasteiger partial charge in [0.25, 0.3) is 0 Å². The van der Waals surface area contributed by atoms with E-state index in [-0.39, 0.29) is 0 Å². The van der Waals surface area contributed by atoms with Crippen LogP contribution in [0.15, 0.2) is 0 Å². The number of rotatable bonds is 10. The summed E-state index contributed by atoms with van der Waals surface area (Å²) >= 11 is 0. The van der Waals surface area contributed by atoms with Crippen LogP contribution in [-0.4, -0.2) is 62.7 Å². The molecule has 1 aliphatic heterocycles. The molecule has 1 N–H and O–H groups in total. The number of nitrogens with zero attached hydrogens (tertiary/aromatic N) is 2. The number of nitrogens with one attached hydrogen (secondary N) is 1. The Morgan fingerprint density at radius 3 is 2.60 bits per heavy atom. The number of hydrogen-bond acceptors (Lipinski definition) is 3. The third-order valence-electron chi connectivity index (χ3n) is 4.68. The monoisotopic (exact) mass is 283 g/mol. The van der Waals surface area contributed by atoms with Gasteiger partial charge in [0.2, 0.25) is 0 Å². The van der Waals surface area contributed by atoms with E-state index in [0.29, 0.717) is 5.41 Å². The summed E-state index contributed by atoms with van der Waals surface area (Å²) in [6.45, 7) is 13.0. The molecule has 0 aromatic carbocycles. The first kappa shape index (κ1) is 17.9. The molecule has 2 atom stereocenters. The SMILES string of the molecule is CCCNCC(C)(CCC)CN(C)CC1CCCN1C. The van der Waals surface area contributed by atoms with Crippen molar-refractivity contribution in [3.05, 3.63) is 0 Å². The fourth-order valence-corrected chi connectivity index (χ4v) is 3.68. The van der Waals surface area contributed by atoms with E-state index in [1.54, 1.807) is 0 Å². The van der Waals surface area contributed by atoms with Crippen LogP contribution in [0.4, 0.5) is 0 Å². The molecule has 1 rings (SSSR count). The number of likely N-dealkylation sites (tertiary alicyclic amines) is 1. The van der Waals surface area contributed by atoms with Crippen molar-refractivity contribution in [1.82, 2.24) is 15.1 Å². The molecule has 0 aliphatic carbocycles. The van der Waals surface area contributed by atoms with Crippen LogP contribution in [0.2, 0.25) is 0 Å². The quantitative estimate of drug-likeness (QED) is 0.622. The third kappa shape index (κ3) is 6.11. The maximum Gasteiger partial charge on any atom is 0.0220 e. The van der Waals surface area contributed by atoms with Crippen LogP contribution in [0.25, 0.3) is 0 Å². The van der Waals surface area contributed by atoms with Crippen LogP contribution < -0.4 is 5.32 Å². The zero-order valence-corrected chi connectivity index (χ0v) is 14.5. The van der Waals surface area contributed by atoms with Gasteiger partial charge in [0.05, 0.1) is 0 Å². The van der Waals surface area contributed by atoms with Crippen molar-refractivity contribution in [2.75, 3.05) is 46.8 Å². The first-order chi connectivity index (χ1) is 9.50. The normalized spacial score (nSPS) is 23.4. The van der Waals surface area contributed by atoms with Gasteiger partial charge in [0.15, 0.2) is 0 Å². The summed E-state index contributed by atoms with van der Waals surface area (Å²) in [5.74, 6) is 0. The molecule has 0 saturated carbocycles. The van der Waals surface area contributed by atoms with Crippen LogP contribution in [0.5, 0.6) is 0 Å². The molecule has 1 saturated heterocycles. The van der Waals surface area contributed by atoms with E-state index in [1.807, 2.05) is 0 Å². The summed E-state index contributed by atoms with van der Waals surface area (Å²) in [7, 11) is 4.58. The average Bonchev–Trinajstić information content (AvgIpc) is 2.75. The summed E-state index contributed by atoms with van der Waals surface area (Å²) in [5, 5.41) is 3.63. The molecule has 1 aliphatic rings. The molecule has 3 heteroatoms. The molecule has 3 nitrogen and oxygen atoms in total. The Morgan fingerprint density at radius 1 is 1.30 bits per heavy atom. The van der Waals surface area contributed by atoms with Crippen LogP contribution in [0, 0.1) is 5.41 Å². The van der Waals surface area contributed by atoms with Gasteiger partial charge in [0, 0.05) is 25.7 Å². The number of likely N-dealkylation sites (N-methyl/N-ethyl adjacent to an activating group) is 2. The lowest BCUT2D eigenvalue weighted by atomic mass is 9.84. The van der Waals surface area contributed by atoms with Crippen molar-refractivity contribution in [3.63, 3.8) is 0 Å². The van der Waals surface area contributed by atoms with Gasteiger partial charge in [-0.15, -0.1) is 0 Å². The standard InChI is InChI=1S/C17H37N3/c1-6-10-17(3,14-18-11-7-2)15-19(4)13-16-9-8-12-20(16)5/h16,18H,6-15H2,1-5H3. The van der Waals surface area contributed by atoms with E-state index in [0.717, 1.165) is 19.1 Å². The smallest absolute Gasteiger partial charge is 0.0220 e. The van der Waals surface area contributed by atoms with Gasteiger partial charge >= 0.3 is 0 Å². The van der Waals surface area contributed by atoms with Crippen LogP contribution >= 0.6 is 0 Å². The fourth-order valence-electron chi connectivity index (χ4n) is 3.68. The Bertz CT molecular complexity index is 257. The molecule has 120 valence electrons. The molecule has 0 bridgehead atoms. The summed E-state index contributed by atoms with van der Waals surface area (Å²) in [4.78, 5) is 5.10. The zero-order valence-electron chi connectivity index (χ0n) is 14.5. The lowest BCUT2D eigenvalue weighted by Gasteiger charge is -2.36. The maximum absolute atomic E-state index is 3.63. The predicted molar refractivity (Wildman–Crippen MR) is 89.3 cm³/mol. The molecule has 0 aromatic heterocycles. The van der Waals surface area contributed by atoms with Crippen LogP contribution in [0.3, 0.4) is 0 Å². The summed E-state index contributed by atoms with van der Waals surface area (Å²) < 4.78 is 0. The van der Waals surface area contributed by atoms with E-state index in [9.17, 15) is 0 Å². The third-order valence-corrected chi connectivity index (χ3v) is 4.68. The minimum atomic E-state index is 0.413. The summed E-state index contributed by atoms with van der Waals surface area (Å²) in [5.41, 5.74) is 0.413. The van der Waals surface area contributed by atoms with Crippen molar-refractivity contribution in [1.29, 1.82) is 0 Å². The second-order valence-corrected chi connectivity index (χ2v) is 7.21. The van der Waals surface area contributed by atoms with Gasteiger partial charge in [-0.25, -0.2) is 0 Å². The molecule has 0 spiro atoms. The van der Waals surface area contributed by atoms with E-state index in [4.69, 9.17) is 0 Å². The molecular formula is C17H37N3. The summed E-state index contributed by atoms with van der Waals surface area (Å²) in [6.07, 6.45) is 6.57. The highest BCUT2D eigenvalue weighted by Crippen LogP contribution is 2.24. The van der Waals surface area contributed by atoms with Crippen LogP contribution in [0.1, 0.15) is 52.9 Å². The maximum atomic E-state index is 3.63. The van der Waals surface area contributed by atoms with Crippen molar-refractivity contribution in [2.45, 2.75) is 58.9 Å². The molecule has 1 heterocycles. The summed E-state index contributed by atoms with van der Waals surface area (Å²) in [6, 6.07) is 0.773. The Morgan fingerprint density at radius 2 is 2.05 bits per heavy atom. The highest BCUT2D eigenvalue weighted by Gasteiger charge is 2.27. The Balaban J connectivity index is 2.42. The van der Waals surface area contributed by atoms with Gasteiger partial charge in [-0.3, -0.25) is 0 Å². The highest BCUT2D eigenvalue weighted by molar-refractivity contribution is 4.83. The van der Waals surface area contributed by atoms with Gasteiger partial charge in [-0.2, -0.15) is 0 Å². The van der Waals surface area contributed by atoms with Gasteiger partial charge in [-0.05, 0) is 58.3 Å². The minimum absolute atomic E-state index is 0.413. The Labute approximate surface area is 127 Å². The van der Waals surface area contributed by atoms with Gasteiger partial charge in [0.1, 0.15) is 0 Å². The van der Waals surface area contributed by atoms with E-state index in [1.165, 1.54) is 51.7 Å². The minimum Gasteiger partial charge on any atom is -0.316 e. The predicted octanol–water partition coefficient (Wildman–Crippen LogP) is 2.82. The van der Waals surface area contributed by atoms with Gasteiger partial charge < -0.3 is 15.1 Å².